The van der Waals surface area contributed by atoms with Crippen LogP contribution in [0.4, 0.5) is 5.82 Å². The molecule has 3 rings (SSSR count). The van der Waals surface area contributed by atoms with Crippen LogP contribution >= 0.6 is 0 Å². The van der Waals surface area contributed by atoms with Crippen LogP contribution in [0.2, 0.25) is 0 Å². The summed E-state index contributed by atoms with van der Waals surface area (Å²) in [4.78, 5) is 14.9. The molecule has 5 heteroatoms. The standard InChI is InChI=1S/C18H28N4O/c1-13-6-3-4-8-16(13)19-18(23)15-7-5-11-22(12-15)17-10-9-14(2)20-21-17/h9-10,13,15-16H,3-8,11-12H2,1-2H3,(H,19,23). The number of aryl methyl sites for hydroxylation is 1. The molecule has 1 amide bonds. The number of carbonyl (C=O) groups is 1. The van der Waals surface area contributed by atoms with Gasteiger partial charge in [-0.2, -0.15) is 5.10 Å². The minimum absolute atomic E-state index is 0.0704. The number of aromatic nitrogens is 2. The van der Waals surface area contributed by atoms with Crippen molar-refractivity contribution in [1.29, 1.82) is 0 Å². The highest BCUT2D eigenvalue weighted by Crippen LogP contribution is 2.26. The highest BCUT2D eigenvalue weighted by atomic mass is 16.2. The molecule has 2 heterocycles. The average molecular weight is 316 g/mol. The molecule has 1 saturated carbocycles. The third-order valence-corrected chi connectivity index (χ3v) is 5.34. The molecule has 1 aliphatic carbocycles. The Hall–Kier alpha value is -1.65. The molecule has 23 heavy (non-hydrogen) atoms. The van der Waals surface area contributed by atoms with Crippen LogP contribution in [0.25, 0.3) is 0 Å². The number of amides is 1. The predicted molar refractivity (Wildman–Crippen MR) is 91.3 cm³/mol. The summed E-state index contributed by atoms with van der Waals surface area (Å²) in [6, 6.07) is 4.35. The van der Waals surface area contributed by atoms with Crippen molar-refractivity contribution in [1.82, 2.24) is 15.5 Å². The molecule has 1 aliphatic heterocycles. The second-order valence-electron chi connectivity index (χ2n) is 7.19. The lowest BCUT2D eigenvalue weighted by atomic mass is 9.85. The summed E-state index contributed by atoms with van der Waals surface area (Å²) in [7, 11) is 0. The maximum atomic E-state index is 12.7. The number of hydrogen-bond donors (Lipinski definition) is 1. The minimum Gasteiger partial charge on any atom is -0.354 e. The molecule has 5 nitrogen and oxygen atoms in total. The van der Waals surface area contributed by atoms with Crippen LogP contribution in [0.5, 0.6) is 0 Å². The minimum atomic E-state index is 0.0704. The van der Waals surface area contributed by atoms with Gasteiger partial charge in [-0.1, -0.05) is 19.8 Å². The molecule has 126 valence electrons. The first kappa shape index (κ1) is 16.2. The molecule has 3 atom stereocenters. The Morgan fingerprint density at radius 3 is 2.74 bits per heavy atom. The summed E-state index contributed by atoms with van der Waals surface area (Å²) in [5.41, 5.74) is 0.923. The monoisotopic (exact) mass is 316 g/mol. The molecule has 1 N–H and O–H groups in total. The summed E-state index contributed by atoms with van der Waals surface area (Å²) in [5.74, 6) is 1.80. The number of hydrogen-bond acceptors (Lipinski definition) is 4. The molecule has 1 aromatic rings. The van der Waals surface area contributed by atoms with Gasteiger partial charge >= 0.3 is 0 Å². The second kappa shape index (κ2) is 7.28. The van der Waals surface area contributed by atoms with E-state index in [9.17, 15) is 4.79 Å². The Kier molecular flexibility index (Phi) is 5.13. The van der Waals surface area contributed by atoms with Crippen LogP contribution in [0.1, 0.15) is 51.1 Å². The van der Waals surface area contributed by atoms with E-state index < -0.39 is 0 Å². The van der Waals surface area contributed by atoms with Crippen LogP contribution in [-0.4, -0.2) is 35.2 Å². The first-order chi connectivity index (χ1) is 11.1. The molecule has 1 saturated heterocycles. The normalized spacial score (nSPS) is 28.4. The van der Waals surface area contributed by atoms with Gasteiger partial charge < -0.3 is 10.2 Å². The van der Waals surface area contributed by atoms with E-state index in [-0.39, 0.29) is 11.8 Å². The van der Waals surface area contributed by atoms with Gasteiger partial charge in [-0.15, -0.1) is 5.10 Å². The summed E-state index contributed by atoms with van der Waals surface area (Å²) in [6.45, 7) is 5.92. The summed E-state index contributed by atoms with van der Waals surface area (Å²) in [5, 5.41) is 11.7. The Labute approximate surface area is 138 Å². The van der Waals surface area contributed by atoms with Crippen molar-refractivity contribution in [2.75, 3.05) is 18.0 Å². The lowest BCUT2D eigenvalue weighted by molar-refractivity contribution is -0.126. The van der Waals surface area contributed by atoms with Crippen molar-refractivity contribution < 1.29 is 4.79 Å². The van der Waals surface area contributed by atoms with E-state index in [4.69, 9.17) is 0 Å². The Bertz CT molecular complexity index is 530. The van der Waals surface area contributed by atoms with Crippen LogP contribution in [-0.2, 0) is 4.79 Å². The van der Waals surface area contributed by atoms with Crippen LogP contribution in [0.3, 0.4) is 0 Å². The van der Waals surface area contributed by atoms with Crippen LogP contribution in [0, 0.1) is 18.8 Å². The van der Waals surface area contributed by atoms with E-state index in [0.29, 0.717) is 12.0 Å². The molecule has 0 spiro atoms. The quantitative estimate of drug-likeness (QED) is 0.931. The highest BCUT2D eigenvalue weighted by Gasteiger charge is 2.30. The van der Waals surface area contributed by atoms with Gasteiger partial charge in [0, 0.05) is 19.1 Å². The van der Waals surface area contributed by atoms with Crippen LogP contribution in [0.15, 0.2) is 12.1 Å². The van der Waals surface area contributed by atoms with E-state index >= 15 is 0 Å². The topological polar surface area (TPSA) is 58.1 Å². The Morgan fingerprint density at radius 1 is 1.17 bits per heavy atom. The fourth-order valence-corrected chi connectivity index (χ4v) is 3.79. The maximum absolute atomic E-state index is 12.7. The van der Waals surface area contributed by atoms with Gasteiger partial charge in [0.15, 0.2) is 5.82 Å². The van der Waals surface area contributed by atoms with Crippen molar-refractivity contribution in [3.05, 3.63) is 17.8 Å². The van der Waals surface area contributed by atoms with Gasteiger partial charge in [-0.05, 0) is 50.7 Å². The first-order valence-corrected chi connectivity index (χ1v) is 8.99. The number of carbonyl (C=O) groups excluding carboxylic acids is 1. The van der Waals surface area contributed by atoms with Crippen molar-refractivity contribution in [2.45, 2.75) is 58.4 Å². The zero-order valence-electron chi connectivity index (χ0n) is 14.3. The maximum Gasteiger partial charge on any atom is 0.225 e. The van der Waals surface area contributed by atoms with Gasteiger partial charge in [0.05, 0.1) is 11.6 Å². The second-order valence-corrected chi connectivity index (χ2v) is 7.19. The fraction of sp³-hybridized carbons (Fsp3) is 0.722. The fourth-order valence-electron chi connectivity index (χ4n) is 3.79. The summed E-state index contributed by atoms with van der Waals surface area (Å²) < 4.78 is 0. The zero-order chi connectivity index (χ0) is 16.2. The molecule has 1 aromatic heterocycles. The molecule has 3 unspecified atom stereocenters. The molecular formula is C18H28N4O. The smallest absolute Gasteiger partial charge is 0.225 e. The third kappa shape index (κ3) is 4.01. The van der Waals surface area contributed by atoms with Gasteiger partial charge in [0.25, 0.3) is 0 Å². The van der Waals surface area contributed by atoms with E-state index in [1.165, 1.54) is 19.3 Å². The number of rotatable bonds is 3. The molecule has 0 bridgehead atoms. The van der Waals surface area contributed by atoms with Crippen LogP contribution < -0.4 is 10.2 Å². The average Bonchev–Trinajstić information content (AvgIpc) is 2.58. The third-order valence-electron chi connectivity index (χ3n) is 5.34. The number of nitrogens with zero attached hydrogens (tertiary/aromatic N) is 3. The van der Waals surface area contributed by atoms with Crippen molar-refractivity contribution in [3.8, 4) is 0 Å². The van der Waals surface area contributed by atoms with Gasteiger partial charge in [0.2, 0.25) is 5.91 Å². The number of anilines is 1. The van der Waals surface area contributed by atoms with Gasteiger partial charge in [-0.3, -0.25) is 4.79 Å². The summed E-state index contributed by atoms with van der Waals surface area (Å²) >= 11 is 0. The molecule has 0 radical (unpaired) electrons. The Morgan fingerprint density at radius 2 is 2.00 bits per heavy atom. The molecule has 2 fully saturated rings. The number of piperidine rings is 1. The lowest BCUT2D eigenvalue weighted by Gasteiger charge is -2.35. The molecular weight excluding hydrogens is 288 g/mol. The van der Waals surface area contributed by atoms with Crippen molar-refractivity contribution in [2.24, 2.45) is 11.8 Å². The van der Waals surface area contributed by atoms with E-state index in [2.05, 4.69) is 27.3 Å². The highest BCUT2D eigenvalue weighted by molar-refractivity contribution is 5.79. The van der Waals surface area contributed by atoms with Gasteiger partial charge in [-0.25, -0.2) is 0 Å². The Balaban J connectivity index is 1.59. The molecule has 2 aliphatic rings. The van der Waals surface area contributed by atoms with E-state index in [1.54, 1.807) is 0 Å². The largest absolute Gasteiger partial charge is 0.354 e. The lowest BCUT2D eigenvalue weighted by Crippen LogP contribution is -2.48. The molecule has 0 aromatic carbocycles. The van der Waals surface area contributed by atoms with E-state index in [0.717, 1.165) is 43.9 Å². The predicted octanol–water partition coefficient (Wildman–Crippen LogP) is 2.70. The first-order valence-electron chi connectivity index (χ1n) is 8.99. The number of nitrogens with one attached hydrogen (secondary N) is 1. The van der Waals surface area contributed by atoms with Gasteiger partial charge in [0.1, 0.15) is 0 Å². The van der Waals surface area contributed by atoms with E-state index in [1.807, 2.05) is 19.1 Å². The zero-order valence-corrected chi connectivity index (χ0v) is 14.3. The summed E-state index contributed by atoms with van der Waals surface area (Å²) in [6.07, 6.45) is 6.92. The van der Waals surface area contributed by atoms with Crippen molar-refractivity contribution in [3.63, 3.8) is 0 Å². The SMILES string of the molecule is Cc1ccc(N2CCCC(C(=O)NC3CCCCC3C)C2)nn1. The van der Waals surface area contributed by atoms with Crippen molar-refractivity contribution >= 4 is 11.7 Å².